The molecule has 1 saturated heterocycles. The predicted octanol–water partition coefficient (Wildman–Crippen LogP) is 6.35. The van der Waals surface area contributed by atoms with Gasteiger partial charge in [0.25, 0.3) is 0 Å². The number of methoxy groups -OCH3 is 1. The number of hydrogen-bond donors (Lipinski definition) is 3. The van der Waals surface area contributed by atoms with E-state index in [1.165, 1.54) is 0 Å². The van der Waals surface area contributed by atoms with Crippen molar-refractivity contribution in [3.8, 4) is 0 Å². The molecule has 0 spiro atoms. The second-order valence-electron chi connectivity index (χ2n) is 14.3. The lowest BCUT2D eigenvalue weighted by Crippen LogP contribution is -2.49. The predicted molar refractivity (Wildman–Crippen MR) is 188 cm³/mol. The molecular weight excluding hydrogens is 643 g/mol. The smallest absolute Gasteiger partial charge is 0.407 e. The third-order valence-corrected chi connectivity index (χ3v) is 9.57. The average Bonchev–Trinajstić information content (AvgIpc) is 3.73. The van der Waals surface area contributed by atoms with Crippen molar-refractivity contribution in [2.24, 2.45) is 11.8 Å². The van der Waals surface area contributed by atoms with E-state index in [0.717, 1.165) is 16.5 Å². The quantitative estimate of drug-likeness (QED) is 0.148. The molecule has 1 aliphatic heterocycles. The summed E-state index contributed by atoms with van der Waals surface area (Å²) < 4.78 is 29.7. The van der Waals surface area contributed by atoms with E-state index in [4.69, 9.17) is 14.2 Å². The zero-order chi connectivity index (χ0) is 35.8. The van der Waals surface area contributed by atoms with Crippen LogP contribution in [0.15, 0.2) is 54.6 Å². The van der Waals surface area contributed by atoms with Crippen molar-refractivity contribution in [3.63, 3.8) is 0 Å². The molecule has 1 aliphatic carbocycles. The fraction of sp³-hybridized carbons (Fsp3) is 0.526. The highest BCUT2D eigenvalue weighted by molar-refractivity contribution is 6.01. The minimum atomic E-state index is -0.727. The van der Waals surface area contributed by atoms with Crippen molar-refractivity contribution in [2.75, 3.05) is 38.9 Å². The van der Waals surface area contributed by atoms with Crippen LogP contribution in [-0.4, -0.2) is 85.0 Å². The molecule has 2 aliphatic rings. The number of rotatable bonds is 12. The number of fused-ring (bicyclic) bond motifs is 1. The number of nitrogens with one attached hydrogen (secondary N) is 3. The number of anilines is 1. The van der Waals surface area contributed by atoms with Crippen LogP contribution in [0.4, 0.5) is 14.9 Å². The zero-order valence-electron chi connectivity index (χ0n) is 29.3. The Morgan fingerprint density at radius 1 is 0.980 bits per heavy atom. The molecule has 0 radical (unpaired) electrons. The normalized spacial score (nSPS) is 21.4. The van der Waals surface area contributed by atoms with Crippen molar-refractivity contribution < 1.29 is 37.8 Å². The van der Waals surface area contributed by atoms with Gasteiger partial charge in [-0.3, -0.25) is 9.59 Å². The van der Waals surface area contributed by atoms with Gasteiger partial charge in [-0.2, -0.15) is 0 Å². The molecule has 3 N–H and O–H groups in total. The van der Waals surface area contributed by atoms with Gasteiger partial charge in [0.2, 0.25) is 11.8 Å². The van der Waals surface area contributed by atoms with Crippen molar-refractivity contribution in [2.45, 2.75) is 82.9 Å². The van der Waals surface area contributed by atoms with E-state index < -0.39 is 36.4 Å². The Labute approximate surface area is 292 Å². The number of amides is 3. The van der Waals surface area contributed by atoms with Gasteiger partial charge in [-0.05, 0) is 88.6 Å². The second kappa shape index (κ2) is 16.5. The number of H-pyrrole nitrogens is 1. The summed E-state index contributed by atoms with van der Waals surface area (Å²) in [5.41, 5.74) is 1.87. The molecule has 50 heavy (non-hydrogen) atoms. The molecule has 1 saturated carbocycles. The number of alkyl carbamates (subject to hydrolysis) is 1. The molecule has 2 fully saturated rings. The number of aromatic nitrogens is 1. The average molecular weight is 693 g/mol. The minimum Gasteiger partial charge on any atom is -0.461 e. The maximum Gasteiger partial charge on any atom is 0.407 e. The number of benzene rings is 2. The van der Waals surface area contributed by atoms with Crippen molar-refractivity contribution in [1.82, 2.24) is 15.2 Å². The SMILES string of the molecule is COCCCOC(=O)c1cc2cc(NC(=O)[C@@H]3[C@H](c4ccccc4)CCN3C(=O)[C@H]3CC[C@H](C(CF)NC(=O)OC(C)(C)C)CC3)ccc2[nH]1. The molecule has 2 aromatic carbocycles. The fourth-order valence-corrected chi connectivity index (χ4v) is 7.14. The highest BCUT2D eigenvalue weighted by Gasteiger charge is 2.45. The van der Waals surface area contributed by atoms with E-state index in [1.807, 2.05) is 30.3 Å². The van der Waals surface area contributed by atoms with Crippen LogP contribution in [0.1, 0.15) is 81.3 Å². The number of esters is 1. The number of alkyl halides is 1. The number of halogens is 1. The Bertz CT molecular complexity index is 1630. The summed E-state index contributed by atoms with van der Waals surface area (Å²) in [6.07, 6.45) is 2.82. The van der Waals surface area contributed by atoms with E-state index in [-0.39, 0.29) is 36.2 Å². The third-order valence-electron chi connectivity index (χ3n) is 9.57. The number of nitrogens with zero attached hydrogens (tertiary/aromatic N) is 1. The lowest BCUT2D eigenvalue weighted by atomic mass is 9.78. The fourth-order valence-electron chi connectivity index (χ4n) is 7.14. The van der Waals surface area contributed by atoms with Crippen LogP contribution in [-0.2, 0) is 23.8 Å². The first-order valence-electron chi connectivity index (χ1n) is 17.5. The Morgan fingerprint density at radius 2 is 1.72 bits per heavy atom. The summed E-state index contributed by atoms with van der Waals surface area (Å²) in [6, 6.07) is 15.4. The Hall–Kier alpha value is -4.45. The Kier molecular flexibility index (Phi) is 12.2. The molecule has 270 valence electrons. The van der Waals surface area contributed by atoms with E-state index >= 15 is 0 Å². The Balaban J connectivity index is 1.27. The van der Waals surface area contributed by atoms with Crippen molar-refractivity contribution in [3.05, 3.63) is 65.9 Å². The standard InChI is InChI=1S/C38H49FN4O7/c1-38(2,3)50-37(47)42-32(23-39)25-11-13-26(14-12-25)35(45)43-18-17-29(24-9-6-5-7-10-24)33(43)34(44)40-28-15-16-30-27(21-28)22-31(41-30)36(46)49-20-8-19-48-4/h5-7,9-10,15-16,21-22,25-26,29,32-33,41H,8,11-14,17-20,23H2,1-4H3,(H,40,44)(H,42,47)/t25-,26-,29-,32?,33-/m0/s1. The van der Waals surface area contributed by atoms with Crippen molar-refractivity contribution >= 4 is 40.5 Å². The van der Waals surface area contributed by atoms with Gasteiger partial charge in [0.15, 0.2) is 0 Å². The van der Waals surface area contributed by atoms with Crippen LogP contribution in [0.2, 0.25) is 0 Å². The number of ether oxygens (including phenoxy) is 3. The molecule has 1 unspecified atom stereocenters. The van der Waals surface area contributed by atoms with Crippen LogP contribution in [0.25, 0.3) is 10.9 Å². The van der Waals surface area contributed by atoms with Crippen LogP contribution in [0, 0.1) is 11.8 Å². The van der Waals surface area contributed by atoms with E-state index in [9.17, 15) is 23.6 Å². The van der Waals surface area contributed by atoms with Gasteiger partial charge in [0.05, 0.1) is 12.6 Å². The molecule has 3 atom stereocenters. The first-order chi connectivity index (χ1) is 24.0. The molecule has 3 aromatic rings. The molecule has 2 heterocycles. The summed E-state index contributed by atoms with van der Waals surface area (Å²) >= 11 is 0. The molecule has 1 aromatic heterocycles. The van der Waals surface area contributed by atoms with Crippen LogP contribution in [0.3, 0.4) is 0 Å². The number of carbonyl (C=O) groups excluding carboxylic acids is 4. The number of aromatic amines is 1. The van der Waals surface area contributed by atoms with Crippen molar-refractivity contribution in [1.29, 1.82) is 0 Å². The number of hydrogen-bond acceptors (Lipinski definition) is 7. The summed E-state index contributed by atoms with van der Waals surface area (Å²) in [6.45, 7) is 5.73. The molecule has 0 bridgehead atoms. The van der Waals surface area contributed by atoms with E-state index in [2.05, 4.69) is 15.6 Å². The maximum atomic E-state index is 14.1. The van der Waals surface area contributed by atoms with E-state index in [0.29, 0.717) is 63.1 Å². The molecule has 12 heteroatoms. The van der Waals surface area contributed by atoms with Gasteiger partial charge in [0.1, 0.15) is 24.0 Å². The maximum absolute atomic E-state index is 14.1. The summed E-state index contributed by atoms with van der Waals surface area (Å²) in [4.78, 5) is 57.9. The van der Waals surface area contributed by atoms with Gasteiger partial charge in [-0.25, -0.2) is 14.0 Å². The first kappa shape index (κ1) is 36.8. The highest BCUT2D eigenvalue weighted by Crippen LogP contribution is 2.39. The second-order valence-corrected chi connectivity index (χ2v) is 14.3. The monoisotopic (exact) mass is 692 g/mol. The highest BCUT2D eigenvalue weighted by atomic mass is 19.1. The van der Waals surface area contributed by atoms with Gasteiger partial charge >= 0.3 is 12.1 Å². The number of carbonyl (C=O) groups is 4. The van der Waals surface area contributed by atoms with Crippen LogP contribution in [0.5, 0.6) is 0 Å². The lowest BCUT2D eigenvalue weighted by Gasteiger charge is -2.36. The molecule has 11 nitrogen and oxygen atoms in total. The largest absolute Gasteiger partial charge is 0.461 e. The molecule has 5 rings (SSSR count). The summed E-state index contributed by atoms with van der Waals surface area (Å²) in [7, 11) is 1.59. The lowest BCUT2D eigenvalue weighted by molar-refractivity contribution is -0.141. The summed E-state index contributed by atoms with van der Waals surface area (Å²) in [5, 5.41) is 6.45. The van der Waals surface area contributed by atoms with Gasteiger partial charge in [-0.1, -0.05) is 30.3 Å². The zero-order valence-corrected chi connectivity index (χ0v) is 29.3. The number of likely N-dealkylation sites (tertiary alicyclic amines) is 1. The first-order valence-corrected chi connectivity index (χ1v) is 17.5. The van der Waals surface area contributed by atoms with Gasteiger partial charge in [-0.15, -0.1) is 0 Å². The van der Waals surface area contributed by atoms with Gasteiger partial charge < -0.3 is 34.7 Å². The molecular formula is C38H49FN4O7. The van der Waals surface area contributed by atoms with E-state index in [1.54, 1.807) is 57.0 Å². The third kappa shape index (κ3) is 9.21. The Morgan fingerprint density at radius 3 is 2.40 bits per heavy atom. The topological polar surface area (TPSA) is 139 Å². The van der Waals surface area contributed by atoms with Crippen LogP contribution < -0.4 is 10.6 Å². The molecule has 3 amide bonds. The summed E-state index contributed by atoms with van der Waals surface area (Å²) in [5.74, 6) is -1.45. The van der Waals surface area contributed by atoms with Gasteiger partial charge in [0, 0.05) is 55.1 Å². The van der Waals surface area contributed by atoms with Crippen LogP contribution >= 0.6 is 0 Å². The minimum absolute atomic E-state index is 0.0753.